The Bertz CT molecular complexity index is 445. The van der Waals surface area contributed by atoms with E-state index in [9.17, 15) is 13.6 Å². The zero-order valence-electron chi connectivity index (χ0n) is 10.2. The van der Waals surface area contributed by atoms with Gasteiger partial charge >= 0.3 is 0 Å². The van der Waals surface area contributed by atoms with Gasteiger partial charge in [-0.3, -0.25) is 4.79 Å². The molecule has 18 heavy (non-hydrogen) atoms. The Kier molecular flexibility index (Phi) is 3.91. The second-order valence-electron chi connectivity index (χ2n) is 4.50. The molecule has 0 bridgehead atoms. The van der Waals surface area contributed by atoms with Gasteiger partial charge in [-0.2, -0.15) is 0 Å². The number of amides is 1. The molecule has 1 aromatic rings. The molecule has 0 spiro atoms. The molecule has 0 radical (unpaired) electrons. The maximum Gasteiger partial charge on any atom is 0.243 e. The summed E-state index contributed by atoms with van der Waals surface area (Å²) in [4.78, 5) is 13.3. The van der Waals surface area contributed by atoms with Crippen molar-refractivity contribution in [3.05, 3.63) is 29.8 Å². The first kappa shape index (κ1) is 13.0. The fourth-order valence-electron chi connectivity index (χ4n) is 2.16. The molecule has 5 heteroatoms. The number of anilines is 1. The molecular weight excluding hydrogens is 238 g/mol. The molecule has 0 aromatic heterocycles. The summed E-state index contributed by atoms with van der Waals surface area (Å²) in [6, 6.07) is 2.81. The third-order valence-corrected chi connectivity index (χ3v) is 3.21. The first-order chi connectivity index (χ1) is 8.59. The maximum atomic E-state index is 13.6. The molecule has 1 aliphatic heterocycles. The topological polar surface area (TPSA) is 32.3 Å². The van der Waals surface area contributed by atoms with Crippen LogP contribution in [0.3, 0.4) is 0 Å². The third-order valence-electron chi connectivity index (χ3n) is 3.21. The molecule has 3 nitrogen and oxygen atoms in total. The average molecular weight is 254 g/mol. The van der Waals surface area contributed by atoms with Crippen molar-refractivity contribution in [1.82, 2.24) is 5.32 Å². The summed E-state index contributed by atoms with van der Waals surface area (Å²) in [6.45, 7) is 0.788. The zero-order chi connectivity index (χ0) is 13.1. The molecule has 2 rings (SSSR count). The highest BCUT2D eigenvalue weighted by Crippen LogP contribution is 2.21. The second-order valence-corrected chi connectivity index (χ2v) is 4.50. The van der Waals surface area contributed by atoms with Gasteiger partial charge in [-0.15, -0.1) is 0 Å². The van der Waals surface area contributed by atoms with Crippen LogP contribution in [0.2, 0.25) is 0 Å². The van der Waals surface area contributed by atoms with Crippen molar-refractivity contribution in [3.8, 4) is 0 Å². The highest BCUT2D eigenvalue weighted by molar-refractivity contribution is 5.96. The molecule has 0 aliphatic carbocycles. The number of benzene rings is 1. The normalized spacial score (nSPS) is 19.6. The van der Waals surface area contributed by atoms with Crippen molar-refractivity contribution in [3.63, 3.8) is 0 Å². The number of likely N-dealkylation sites (N-methyl/N-ethyl adjacent to an activating group) is 1. The molecule has 1 unspecified atom stereocenters. The average Bonchev–Trinajstić information content (AvgIpc) is 2.41. The minimum absolute atomic E-state index is 0.0210. The number of halogens is 2. The Morgan fingerprint density at radius 3 is 2.83 bits per heavy atom. The Labute approximate surface area is 105 Å². The van der Waals surface area contributed by atoms with Gasteiger partial charge in [0.25, 0.3) is 0 Å². The number of carbonyl (C=O) groups is 1. The standard InChI is InChI=1S/C13H16F2N2O/c1-17(12-8-9(14)5-6-10(12)15)13(18)11-4-2-3-7-16-11/h5-6,8,11,16H,2-4,7H2,1H3. The summed E-state index contributed by atoms with van der Waals surface area (Å²) in [6.07, 6.45) is 2.75. The van der Waals surface area contributed by atoms with E-state index in [2.05, 4.69) is 5.32 Å². The Hall–Kier alpha value is -1.49. The van der Waals surface area contributed by atoms with Crippen LogP contribution in [0.4, 0.5) is 14.5 Å². The summed E-state index contributed by atoms with van der Waals surface area (Å²) in [7, 11) is 1.47. The Balaban J connectivity index is 2.16. The largest absolute Gasteiger partial charge is 0.311 e. The van der Waals surface area contributed by atoms with Crippen LogP contribution in [0.25, 0.3) is 0 Å². The molecule has 1 heterocycles. The van der Waals surface area contributed by atoms with Crippen LogP contribution in [0.5, 0.6) is 0 Å². The number of rotatable bonds is 2. The van der Waals surface area contributed by atoms with Crippen molar-refractivity contribution < 1.29 is 13.6 Å². The van der Waals surface area contributed by atoms with Gasteiger partial charge in [0.15, 0.2) is 0 Å². The quantitative estimate of drug-likeness (QED) is 0.876. The Morgan fingerprint density at radius 2 is 2.17 bits per heavy atom. The van der Waals surface area contributed by atoms with Gasteiger partial charge in [-0.1, -0.05) is 6.42 Å². The van der Waals surface area contributed by atoms with E-state index in [0.29, 0.717) is 0 Å². The minimum Gasteiger partial charge on any atom is -0.311 e. The molecule has 98 valence electrons. The number of nitrogens with one attached hydrogen (secondary N) is 1. The highest BCUT2D eigenvalue weighted by Gasteiger charge is 2.25. The van der Waals surface area contributed by atoms with Crippen molar-refractivity contribution >= 4 is 11.6 Å². The van der Waals surface area contributed by atoms with Gasteiger partial charge in [0.2, 0.25) is 5.91 Å². The highest BCUT2D eigenvalue weighted by atomic mass is 19.1. The van der Waals surface area contributed by atoms with Gasteiger partial charge in [0, 0.05) is 13.1 Å². The molecule has 0 saturated carbocycles. The summed E-state index contributed by atoms with van der Waals surface area (Å²) < 4.78 is 26.7. The number of carbonyl (C=O) groups excluding carboxylic acids is 1. The zero-order valence-corrected chi connectivity index (χ0v) is 10.2. The monoisotopic (exact) mass is 254 g/mol. The molecule has 1 fully saturated rings. The van der Waals surface area contributed by atoms with E-state index >= 15 is 0 Å². The summed E-state index contributed by atoms with van der Waals surface area (Å²) >= 11 is 0. The second kappa shape index (κ2) is 5.44. The summed E-state index contributed by atoms with van der Waals surface area (Å²) in [5, 5.41) is 3.10. The number of nitrogens with zero attached hydrogens (tertiary/aromatic N) is 1. The minimum atomic E-state index is -0.594. The number of piperidine rings is 1. The third kappa shape index (κ3) is 2.67. The summed E-state index contributed by atoms with van der Waals surface area (Å²) in [5.74, 6) is -1.37. The molecule has 1 amide bonds. The van der Waals surface area contributed by atoms with Crippen LogP contribution in [0.15, 0.2) is 18.2 Å². The predicted molar refractivity (Wildman–Crippen MR) is 65.4 cm³/mol. The maximum absolute atomic E-state index is 13.6. The van der Waals surface area contributed by atoms with Crippen LogP contribution in [0.1, 0.15) is 19.3 Å². The Morgan fingerprint density at radius 1 is 1.39 bits per heavy atom. The fraction of sp³-hybridized carbons (Fsp3) is 0.462. The van der Waals surface area contributed by atoms with E-state index in [1.807, 2.05) is 0 Å². The van der Waals surface area contributed by atoms with E-state index in [4.69, 9.17) is 0 Å². The lowest BCUT2D eigenvalue weighted by Crippen LogP contribution is -2.47. The van der Waals surface area contributed by atoms with Crippen LogP contribution in [0, 0.1) is 11.6 Å². The number of hydrogen-bond donors (Lipinski definition) is 1. The van der Waals surface area contributed by atoms with Gasteiger partial charge in [0.1, 0.15) is 11.6 Å². The SMILES string of the molecule is CN(C(=O)C1CCCCN1)c1cc(F)ccc1F. The van der Waals surface area contributed by atoms with Crippen molar-refractivity contribution in [2.75, 3.05) is 18.5 Å². The van der Waals surface area contributed by atoms with Crippen LogP contribution < -0.4 is 10.2 Å². The van der Waals surface area contributed by atoms with Crippen LogP contribution >= 0.6 is 0 Å². The molecule has 1 aliphatic rings. The van der Waals surface area contributed by atoms with E-state index in [0.717, 1.165) is 44.0 Å². The predicted octanol–water partition coefficient (Wildman–Crippen LogP) is 2.07. The van der Waals surface area contributed by atoms with Gasteiger partial charge < -0.3 is 10.2 Å². The van der Waals surface area contributed by atoms with Crippen LogP contribution in [-0.2, 0) is 4.79 Å². The summed E-state index contributed by atoms with van der Waals surface area (Å²) in [5.41, 5.74) is -0.0210. The van der Waals surface area contributed by atoms with Gasteiger partial charge in [-0.05, 0) is 31.5 Å². The van der Waals surface area contributed by atoms with Crippen LogP contribution in [-0.4, -0.2) is 25.5 Å². The number of hydrogen-bond acceptors (Lipinski definition) is 2. The first-order valence-corrected chi connectivity index (χ1v) is 6.05. The van der Waals surface area contributed by atoms with Crippen molar-refractivity contribution in [1.29, 1.82) is 0 Å². The fourth-order valence-corrected chi connectivity index (χ4v) is 2.16. The van der Waals surface area contributed by atoms with E-state index in [1.54, 1.807) is 0 Å². The van der Waals surface area contributed by atoms with Gasteiger partial charge in [-0.25, -0.2) is 8.78 Å². The first-order valence-electron chi connectivity index (χ1n) is 6.05. The lowest BCUT2D eigenvalue weighted by Gasteiger charge is -2.27. The van der Waals surface area contributed by atoms with E-state index in [-0.39, 0.29) is 17.6 Å². The molecule has 1 aromatic carbocycles. The van der Waals surface area contributed by atoms with E-state index in [1.165, 1.54) is 11.9 Å². The molecule has 1 N–H and O–H groups in total. The molecular formula is C13H16F2N2O. The lowest BCUT2D eigenvalue weighted by molar-refractivity contribution is -0.120. The molecule has 1 atom stereocenters. The molecule has 1 saturated heterocycles. The van der Waals surface area contributed by atoms with Crippen molar-refractivity contribution in [2.24, 2.45) is 0 Å². The lowest BCUT2D eigenvalue weighted by atomic mass is 10.0. The van der Waals surface area contributed by atoms with Crippen molar-refractivity contribution in [2.45, 2.75) is 25.3 Å². The van der Waals surface area contributed by atoms with E-state index < -0.39 is 11.6 Å². The smallest absolute Gasteiger partial charge is 0.243 e. The van der Waals surface area contributed by atoms with Gasteiger partial charge in [0.05, 0.1) is 11.7 Å².